The second kappa shape index (κ2) is 13.9. The molecule has 1 heterocycles. The van der Waals surface area contributed by atoms with Crippen molar-refractivity contribution in [3.8, 4) is 0 Å². The van der Waals surface area contributed by atoms with Gasteiger partial charge in [-0.2, -0.15) is 0 Å². The van der Waals surface area contributed by atoms with Gasteiger partial charge in [0.25, 0.3) is 0 Å². The number of piperidine rings is 1. The summed E-state index contributed by atoms with van der Waals surface area (Å²) in [6.07, 6.45) is 2.77. The summed E-state index contributed by atoms with van der Waals surface area (Å²) in [5.74, 6) is 0.638. The van der Waals surface area contributed by atoms with Gasteiger partial charge in [-0.1, -0.05) is 82.1 Å². The second-order valence-electron chi connectivity index (χ2n) is 8.99. The molecular weight excluding hydrogens is 459 g/mol. The number of carbonyl (C=O) groups excluding carboxylic acids is 1. The standard InChI is InChI=1S/C25H32Cl2N2O.CH4.2H2O/c1-4-5-23(28-16-18-6-10-20(26)11-7-18)24(30)29-15-14-22(25(2,3)17-29)19-8-12-21(27)13-9-19;;;/h6-13,22-23,28H,4-5,14-17H2,1-3H3;1H4;2*1H2/t22?,23-;;;/m1.../s1. The number of hydrogen-bond donors (Lipinski definition) is 1. The third kappa shape index (κ3) is 8.27. The molecule has 33 heavy (non-hydrogen) atoms. The van der Waals surface area contributed by atoms with Crippen molar-refractivity contribution in [2.24, 2.45) is 5.41 Å². The lowest BCUT2D eigenvalue weighted by molar-refractivity contribution is -0.137. The Kier molecular flexibility index (Phi) is 13.2. The van der Waals surface area contributed by atoms with E-state index in [1.165, 1.54) is 5.56 Å². The van der Waals surface area contributed by atoms with Crippen LogP contribution in [0.4, 0.5) is 0 Å². The first-order valence-corrected chi connectivity index (χ1v) is 11.6. The Hall–Kier alpha value is -1.63. The van der Waals surface area contributed by atoms with Crippen molar-refractivity contribution in [3.05, 3.63) is 69.7 Å². The summed E-state index contributed by atoms with van der Waals surface area (Å²) in [5, 5.41) is 4.97. The summed E-state index contributed by atoms with van der Waals surface area (Å²) in [5.41, 5.74) is 2.45. The van der Waals surface area contributed by atoms with Crippen LogP contribution in [0.2, 0.25) is 10.0 Å². The molecule has 1 aliphatic heterocycles. The molecule has 1 unspecified atom stereocenters. The van der Waals surface area contributed by atoms with Crippen LogP contribution in [0.3, 0.4) is 0 Å². The Morgan fingerprint density at radius 3 is 2.12 bits per heavy atom. The summed E-state index contributed by atoms with van der Waals surface area (Å²) >= 11 is 12.0. The van der Waals surface area contributed by atoms with Gasteiger partial charge >= 0.3 is 0 Å². The summed E-state index contributed by atoms with van der Waals surface area (Å²) in [6.45, 7) is 8.88. The Morgan fingerprint density at radius 1 is 1.06 bits per heavy atom. The third-order valence-electron chi connectivity index (χ3n) is 6.15. The molecule has 3 rings (SSSR count). The van der Waals surface area contributed by atoms with Crippen LogP contribution in [-0.2, 0) is 11.3 Å². The Bertz CT molecular complexity index is 842. The van der Waals surface area contributed by atoms with E-state index >= 15 is 0 Å². The van der Waals surface area contributed by atoms with E-state index in [9.17, 15) is 4.79 Å². The van der Waals surface area contributed by atoms with Gasteiger partial charge in [0.15, 0.2) is 0 Å². The van der Waals surface area contributed by atoms with E-state index in [1.807, 2.05) is 36.4 Å². The fourth-order valence-corrected chi connectivity index (χ4v) is 4.78. The topological polar surface area (TPSA) is 95.3 Å². The van der Waals surface area contributed by atoms with Crippen molar-refractivity contribution in [1.29, 1.82) is 0 Å². The highest BCUT2D eigenvalue weighted by Gasteiger charge is 2.39. The average molecular weight is 500 g/mol. The molecule has 2 atom stereocenters. The number of amides is 1. The molecule has 0 bridgehead atoms. The molecule has 0 saturated carbocycles. The molecule has 0 aliphatic carbocycles. The van der Waals surface area contributed by atoms with Gasteiger partial charge in [-0.05, 0) is 59.6 Å². The van der Waals surface area contributed by atoms with Crippen LogP contribution < -0.4 is 5.32 Å². The SMILES string of the molecule is C.CCC[C@@H](NCc1ccc(Cl)cc1)C(=O)N1CCC(c2ccc(Cl)cc2)C(C)(C)C1.O.O. The highest BCUT2D eigenvalue weighted by molar-refractivity contribution is 6.30. The summed E-state index contributed by atoms with van der Waals surface area (Å²) in [4.78, 5) is 15.4. The molecule has 1 amide bonds. The molecule has 1 saturated heterocycles. The second-order valence-corrected chi connectivity index (χ2v) is 9.86. The van der Waals surface area contributed by atoms with E-state index in [0.717, 1.165) is 48.0 Å². The number of likely N-dealkylation sites (tertiary alicyclic amines) is 1. The van der Waals surface area contributed by atoms with Crippen molar-refractivity contribution in [3.63, 3.8) is 0 Å². The highest BCUT2D eigenvalue weighted by Crippen LogP contribution is 2.42. The molecule has 5 N–H and O–H groups in total. The minimum atomic E-state index is -0.159. The molecular formula is C26H40Cl2N2O3. The van der Waals surface area contributed by atoms with E-state index in [-0.39, 0.29) is 35.7 Å². The molecule has 0 radical (unpaired) electrons. The molecule has 0 aromatic heterocycles. The van der Waals surface area contributed by atoms with Gasteiger partial charge in [0.2, 0.25) is 5.91 Å². The van der Waals surface area contributed by atoms with E-state index in [0.29, 0.717) is 12.5 Å². The molecule has 2 aromatic carbocycles. The van der Waals surface area contributed by atoms with Crippen LogP contribution in [0.15, 0.2) is 48.5 Å². The summed E-state index contributed by atoms with van der Waals surface area (Å²) < 4.78 is 0. The summed E-state index contributed by atoms with van der Waals surface area (Å²) in [7, 11) is 0. The quantitative estimate of drug-likeness (QED) is 0.561. The lowest BCUT2D eigenvalue weighted by atomic mass is 9.70. The number of benzene rings is 2. The smallest absolute Gasteiger partial charge is 0.239 e. The molecule has 186 valence electrons. The van der Waals surface area contributed by atoms with E-state index in [1.54, 1.807) is 0 Å². The van der Waals surface area contributed by atoms with Crippen molar-refractivity contribution >= 4 is 29.1 Å². The molecule has 1 aliphatic rings. The average Bonchev–Trinajstić information content (AvgIpc) is 2.72. The predicted molar refractivity (Wildman–Crippen MR) is 140 cm³/mol. The number of hydrogen-bond acceptors (Lipinski definition) is 2. The number of nitrogens with zero attached hydrogens (tertiary/aromatic N) is 1. The lowest BCUT2D eigenvalue weighted by Gasteiger charge is -2.45. The molecule has 1 fully saturated rings. The van der Waals surface area contributed by atoms with Gasteiger partial charge in [0.05, 0.1) is 6.04 Å². The van der Waals surface area contributed by atoms with Crippen molar-refractivity contribution in [2.45, 2.75) is 66.0 Å². The number of nitrogens with one attached hydrogen (secondary N) is 1. The maximum atomic E-state index is 13.4. The van der Waals surface area contributed by atoms with Crippen LogP contribution in [0, 0.1) is 5.41 Å². The van der Waals surface area contributed by atoms with Crippen molar-refractivity contribution in [1.82, 2.24) is 10.2 Å². The van der Waals surface area contributed by atoms with Crippen molar-refractivity contribution in [2.75, 3.05) is 13.1 Å². The number of halogens is 2. The lowest BCUT2D eigenvalue weighted by Crippen LogP contribution is -2.53. The zero-order valence-electron chi connectivity index (χ0n) is 19.1. The zero-order valence-corrected chi connectivity index (χ0v) is 20.6. The molecule has 2 aromatic rings. The fraction of sp³-hybridized carbons (Fsp3) is 0.500. The first-order valence-electron chi connectivity index (χ1n) is 10.8. The van der Waals surface area contributed by atoms with E-state index in [4.69, 9.17) is 23.2 Å². The monoisotopic (exact) mass is 498 g/mol. The first kappa shape index (κ1) is 31.4. The van der Waals surface area contributed by atoms with Gasteiger partial charge in [-0.3, -0.25) is 4.79 Å². The van der Waals surface area contributed by atoms with Gasteiger partial charge < -0.3 is 21.2 Å². The van der Waals surface area contributed by atoms with E-state index in [2.05, 4.69) is 43.1 Å². The Morgan fingerprint density at radius 2 is 1.61 bits per heavy atom. The van der Waals surface area contributed by atoms with Crippen LogP contribution in [0.25, 0.3) is 0 Å². The number of carbonyl (C=O) groups is 1. The Balaban J connectivity index is 0.00000341. The van der Waals surface area contributed by atoms with Crippen LogP contribution in [0.5, 0.6) is 0 Å². The Labute approximate surface area is 209 Å². The normalized spacial score (nSPS) is 17.7. The maximum absolute atomic E-state index is 13.4. The van der Waals surface area contributed by atoms with Crippen LogP contribution in [0.1, 0.15) is 64.5 Å². The molecule has 0 spiro atoms. The van der Waals surface area contributed by atoms with Gasteiger partial charge in [-0.15, -0.1) is 0 Å². The van der Waals surface area contributed by atoms with Gasteiger partial charge in [0, 0.05) is 29.7 Å². The van der Waals surface area contributed by atoms with Gasteiger partial charge in [-0.25, -0.2) is 0 Å². The summed E-state index contributed by atoms with van der Waals surface area (Å²) in [6, 6.07) is 15.8. The minimum absolute atomic E-state index is 0. The molecule has 7 heteroatoms. The highest BCUT2D eigenvalue weighted by atomic mass is 35.5. The largest absolute Gasteiger partial charge is 0.412 e. The first-order chi connectivity index (χ1) is 14.3. The fourth-order valence-electron chi connectivity index (χ4n) is 4.52. The van der Waals surface area contributed by atoms with E-state index < -0.39 is 0 Å². The van der Waals surface area contributed by atoms with Crippen molar-refractivity contribution < 1.29 is 15.7 Å². The number of rotatable bonds is 7. The van der Waals surface area contributed by atoms with Gasteiger partial charge in [0.1, 0.15) is 0 Å². The van der Waals surface area contributed by atoms with Crippen LogP contribution >= 0.6 is 23.2 Å². The predicted octanol–water partition coefficient (Wildman–Crippen LogP) is 5.28. The minimum Gasteiger partial charge on any atom is -0.412 e. The molecule has 5 nitrogen and oxygen atoms in total. The third-order valence-corrected chi connectivity index (χ3v) is 6.66. The maximum Gasteiger partial charge on any atom is 0.239 e. The van der Waals surface area contributed by atoms with Crippen LogP contribution in [-0.4, -0.2) is 40.9 Å². The zero-order chi connectivity index (χ0) is 21.7.